The Bertz CT molecular complexity index is 1150. The molecule has 3 rings (SSSR count). The molecule has 136 valence electrons. The molecule has 1 amide bonds. The second-order valence-corrected chi connectivity index (χ2v) is 5.57. The van der Waals surface area contributed by atoms with E-state index in [1.165, 1.54) is 42.5 Å². The number of phenolic OH excluding ortho intramolecular Hbond substituents is 1. The zero-order valence-electron chi connectivity index (χ0n) is 14.0. The molecular formula is C18H13N3O6. The van der Waals surface area contributed by atoms with Gasteiger partial charge in [-0.15, -0.1) is 0 Å². The minimum Gasteiger partial charge on any atom is -0.507 e. The summed E-state index contributed by atoms with van der Waals surface area (Å²) in [7, 11) is 0. The number of nitro groups is 1. The average molecular weight is 367 g/mol. The molecular weight excluding hydrogens is 354 g/mol. The van der Waals surface area contributed by atoms with Gasteiger partial charge in [-0.1, -0.05) is 12.1 Å². The summed E-state index contributed by atoms with van der Waals surface area (Å²) < 4.78 is 4.98. The third kappa shape index (κ3) is 3.66. The lowest BCUT2D eigenvalue weighted by atomic mass is 10.1. The molecule has 0 aliphatic rings. The molecule has 0 fully saturated rings. The van der Waals surface area contributed by atoms with Crippen LogP contribution in [0.2, 0.25) is 0 Å². The third-order valence-electron chi connectivity index (χ3n) is 3.80. The summed E-state index contributed by atoms with van der Waals surface area (Å²) in [5, 5.41) is 25.6. The zero-order chi connectivity index (χ0) is 19.6. The van der Waals surface area contributed by atoms with Gasteiger partial charge >= 0.3 is 5.63 Å². The molecule has 0 aliphatic heterocycles. The standard InChI is InChI=1S/C18H13N3O6/c1-10(13-8-11-6-7-17(23)27-16(11)9-15(13)22)19-20-18(24)12-4-2-3-5-14(12)21(25)26/h2-9,22H,1H3,(H,20,24)/b19-10+. The summed E-state index contributed by atoms with van der Waals surface area (Å²) in [5.41, 5.74) is 1.99. The minimum absolute atomic E-state index is 0.136. The Hall–Kier alpha value is -4.01. The molecule has 0 unspecified atom stereocenters. The number of hydrogen-bond donors (Lipinski definition) is 2. The molecule has 2 aromatic carbocycles. The Labute approximate surface area is 151 Å². The van der Waals surface area contributed by atoms with E-state index in [9.17, 15) is 24.8 Å². The van der Waals surface area contributed by atoms with Crippen molar-refractivity contribution >= 4 is 28.3 Å². The van der Waals surface area contributed by atoms with Crippen molar-refractivity contribution in [1.82, 2.24) is 5.43 Å². The lowest BCUT2D eigenvalue weighted by molar-refractivity contribution is -0.385. The van der Waals surface area contributed by atoms with E-state index in [2.05, 4.69) is 10.5 Å². The molecule has 0 saturated carbocycles. The van der Waals surface area contributed by atoms with Crippen molar-refractivity contribution in [2.45, 2.75) is 6.92 Å². The van der Waals surface area contributed by atoms with Crippen molar-refractivity contribution in [3.8, 4) is 5.75 Å². The van der Waals surface area contributed by atoms with E-state index < -0.39 is 16.5 Å². The summed E-state index contributed by atoms with van der Waals surface area (Å²) in [5.74, 6) is -0.953. The number of nitrogens with one attached hydrogen (secondary N) is 1. The van der Waals surface area contributed by atoms with Gasteiger partial charge in [0.25, 0.3) is 11.6 Å². The van der Waals surface area contributed by atoms with Crippen LogP contribution in [-0.2, 0) is 0 Å². The number of amides is 1. The number of fused-ring (bicyclic) bond motifs is 1. The number of nitro benzene ring substituents is 1. The lowest BCUT2D eigenvalue weighted by Crippen LogP contribution is -2.20. The Morgan fingerprint density at radius 3 is 2.67 bits per heavy atom. The number of hydrogen-bond acceptors (Lipinski definition) is 7. The number of benzene rings is 2. The number of aromatic hydroxyl groups is 1. The van der Waals surface area contributed by atoms with Crippen LogP contribution in [0.25, 0.3) is 11.0 Å². The van der Waals surface area contributed by atoms with Gasteiger partial charge in [0, 0.05) is 29.1 Å². The van der Waals surface area contributed by atoms with Crippen LogP contribution in [-0.4, -0.2) is 21.6 Å². The summed E-state index contributed by atoms with van der Waals surface area (Å²) in [4.78, 5) is 33.8. The predicted octanol–water partition coefficient (Wildman–Crippen LogP) is 2.56. The molecule has 0 bridgehead atoms. The summed E-state index contributed by atoms with van der Waals surface area (Å²) in [6.07, 6.45) is 0. The lowest BCUT2D eigenvalue weighted by Gasteiger charge is -2.07. The van der Waals surface area contributed by atoms with Gasteiger partial charge in [0.15, 0.2) is 0 Å². The van der Waals surface area contributed by atoms with Crippen molar-refractivity contribution in [2.24, 2.45) is 5.10 Å². The fourth-order valence-electron chi connectivity index (χ4n) is 2.47. The second kappa shape index (κ2) is 7.08. The van der Waals surface area contributed by atoms with E-state index in [0.717, 1.165) is 0 Å². The van der Waals surface area contributed by atoms with Gasteiger partial charge < -0.3 is 9.52 Å². The maximum atomic E-state index is 12.2. The van der Waals surface area contributed by atoms with Gasteiger partial charge in [0.05, 0.1) is 10.6 Å². The van der Waals surface area contributed by atoms with Crippen LogP contribution in [0, 0.1) is 10.1 Å². The van der Waals surface area contributed by atoms with Crippen LogP contribution in [0.4, 0.5) is 5.69 Å². The zero-order valence-corrected chi connectivity index (χ0v) is 14.0. The van der Waals surface area contributed by atoms with Crippen LogP contribution < -0.4 is 11.1 Å². The molecule has 9 nitrogen and oxygen atoms in total. The molecule has 0 aliphatic carbocycles. The van der Waals surface area contributed by atoms with Crippen LogP contribution in [0.15, 0.2) is 62.8 Å². The topological polar surface area (TPSA) is 135 Å². The molecule has 1 aromatic heterocycles. The number of nitrogens with zero attached hydrogens (tertiary/aromatic N) is 2. The van der Waals surface area contributed by atoms with Gasteiger partial charge in [-0.25, -0.2) is 10.2 Å². The summed E-state index contributed by atoms with van der Waals surface area (Å²) in [6, 6.07) is 11.1. The van der Waals surface area contributed by atoms with Gasteiger partial charge in [0.1, 0.15) is 16.9 Å². The molecule has 1 heterocycles. The first kappa shape index (κ1) is 17.8. The SMILES string of the molecule is C/C(=N\NC(=O)c1ccccc1[N+](=O)[O-])c1cc2ccc(=O)oc2cc1O. The van der Waals surface area contributed by atoms with Crippen molar-refractivity contribution in [3.05, 3.63) is 80.2 Å². The molecule has 0 atom stereocenters. The molecule has 2 N–H and O–H groups in total. The highest BCUT2D eigenvalue weighted by Gasteiger charge is 2.19. The number of phenols is 1. The minimum atomic E-state index is -0.757. The average Bonchev–Trinajstić information content (AvgIpc) is 2.65. The summed E-state index contributed by atoms with van der Waals surface area (Å²) in [6.45, 7) is 1.54. The van der Waals surface area contributed by atoms with Crippen LogP contribution in [0.5, 0.6) is 5.75 Å². The highest BCUT2D eigenvalue weighted by Crippen LogP contribution is 2.25. The number of carbonyl (C=O) groups is 1. The van der Waals surface area contributed by atoms with E-state index in [0.29, 0.717) is 10.9 Å². The van der Waals surface area contributed by atoms with Crippen molar-refractivity contribution < 1.29 is 19.2 Å². The Morgan fingerprint density at radius 1 is 1.19 bits per heavy atom. The maximum absolute atomic E-state index is 12.2. The van der Waals surface area contributed by atoms with Crippen LogP contribution >= 0.6 is 0 Å². The highest BCUT2D eigenvalue weighted by atomic mass is 16.6. The van der Waals surface area contributed by atoms with E-state index in [-0.39, 0.29) is 28.3 Å². The monoisotopic (exact) mass is 367 g/mol. The van der Waals surface area contributed by atoms with E-state index >= 15 is 0 Å². The Morgan fingerprint density at radius 2 is 1.93 bits per heavy atom. The quantitative estimate of drug-likeness (QED) is 0.315. The van der Waals surface area contributed by atoms with Crippen molar-refractivity contribution in [1.29, 1.82) is 0 Å². The molecule has 9 heteroatoms. The fraction of sp³-hybridized carbons (Fsp3) is 0.0556. The largest absolute Gasteiger partial charge is 0.507 e. The number of hydrazone groups is 1. The molecule has 0 spiro atoms. The Kier molecular flexibility index (Phi) is 4.67. The van der Waals surface area contributed by atoms with Gasteiger partial charge in [-0.3, -0.25) is 14.9 Å². The first-order valence-electron chi connectivity index (χ1n) is 7.72. The van der Waals surface area contributed by atoms with Crippen LogP contribution in [0.3, 0.4) is 0 Å². The van der Waals surface area contributed by atoms with Gasteiger partial charge in [-0.2, -0.15) is 5.10 Å². The van der Waals surface area contributed by atoms with Gasteiger partial charge in [-0.05, 0) is 25.1 Å². The van der Waals surface area contributed by atoms with Crippen molar-refractivity contribution in [2.75, 3.05) is 0 Å². The third-order valence-corrected chi connectivity index (χ3v) is 3.80. The maximum Gasteiger partial charge on any atom is 0.336 e. The molecule has 0 radical (unpaired) electrons. The smallest absolute Gasteiger partial charge is 0.336 e. The fourth-order valence-corrected chi connectivity index (χ4v) is 2.47. The first-order chi connectivity index (χ1) is 12.9. The second-order valence-electron chi connectivity index (χ2n) is 5.57. The molecule has 27 heavy (non-hydrogen) atoms. The normalized spacial score (nSPS) is 11.4. The predicted molar refractivity (Wildman–Crippen MR) is 96.9 cm³/mol. The highest BCUT2D eigenvalue weighted by molar-refractivity contribution is 6.05. The van der Waals surface area contributed by atoms with Gasteiger partial charge in [0.2, 0.25) is 0 Å². The number of rotatable bonds is 4. The first-order valence-corrected chi connectivity index (χ1v) is 7.72. The number of carbonyl (C=O) groups excluding carboxylic acids is 1. The van der Waals surface area contributed by atoms with E-state index in [4.69, 9.17) is 4.42 Å². The number of para-hydroxylation sites is 1. The van der Waals surface area contributed by atoms with Crippen molar-refractivity contribution in [3.63, 3.8) is 0 Å². The Balaban J connectivity index is 1.90. The summed E-state index contributed by atoms with van der Waals surface area (Å²) >= 11 is 0. The van der Waals surface area contributed by atoms with E-state index in [1.54, 1.807) is 13.0 Å². The van der Waals surface area contributed by atoms with E-state index in [1.807, 2.05) is 0 Å². The molecule has 3 aromatic rings. The van der Waals surface area contributed by atoms with Crippen LogP contribution in [0.1, 0.15) is 22.8 Å². The molecule has 0 saturated heterocycles.